The molecule has 4 aliphatic rings. The second kappa shape index (κ2) is 9.18. The number of allylic oxidation sites excluding steroid dienone is 6. The molecule has 0 heterocycles. The van der Waals surface area contributed by atoms with E-state index in [1.807, 2.05) is 0 Å². The van der Waals surface area contributed by atoms with Crippen molar-refractivity contribution in [1.82, 2.24) is 0 Å². The minimum absolute atomic E-state index is 0. The summed E-state index contributed by atoms with van der Waals surface area (Å²) in [7, 11) is 0. The van der Waals surface area contributed by atoms with Gasteiger partial charge in [0.2, 0.25) is 0 Å². The molecule has 0 fully saturated rings. The Balaban J connectivity index is 0.00000152. The van der Waals surface area contributed by atoms with Crippen LogP contribution in [0, 0.1) is 5.92 Å². The van der Waals surface area contributed by atoms with Crippen LogP contribution in [0.5, 0.6) is 0 Å². The van der Waals surface area contributed by atoms with Gasteiger partial charge in [-0.2, -0.15) is 0 Å². The van der Waals surface area contributed by atoms with Gasteiger partial charge in [-0.15, -0.1) is 0 Å². The van der Waals surface area contributed by atoms with Crippen LogP contribution in [-0.4, -0.2) is 3.21 Å². The molecule has 1 atom stereocenters. The number of fused-ring (bicyclic) bond motifs is 5. The van der Waals surface area contributed by atoms with E-state index in [1.165, 1.54) is 39.0 Å². The van der Waals surface area contributed by atoms with Crippen molar-refractivity contribution in [2.75, 3.05) is 0 Å². The largest absolute Gasteiger partial charge is 1.00 e. The Morgan fingerprint density at radius 3 is 1.64 bits per heavy atom. The van der Waals surface area contributed by atoms with E-state index >= 15 is 0 Å². The van der Waals surface area contributed by atoms with E-state index in [1.54, 1.807) is 17.6 Å². The molecule has 1 unspecified atom stereocenters. The Morgan fingerprint density at radius 2 is 1.25 bits per heavy atom. The van der Waals surface area contributed by atoms with Crippen molar-refractivity contribution in [2.24, 2.45) is 5.92 Å². The van der Waals surface area contributed by atoms with Gasteiger partial charge in [-0.25, -0.2) is 0 Å². The summed E-state index contributed by atoms with van der Waals surface area (Å²) in [6, 6.07) is 10.3. The average molecular weight is 595 g/mol. The number of benzene rings is 2. The topological polar surface area (TPSA) is 0 Å². The van der Waals surface area contributed by atoms with Crippen LogP contribution in [0.4, 0.5) is 0 Å². The molecule has 3 heteroatoms. The number of halogens is 2. The van der Waals surface area contributed by atoms with Crippen molar-refractivity contribution in [3.8, 4) is 11.1 Å². The summed E-state index contributed by atoms with van der Waals surface area (Å²) in [4.78, 5) is 0. The van der Waals surface area contributed by atoms with Gasteiger partial charge in [0.25, 0.3) is 0 Å². The van der Waals surface area contributed by atoms with E-state index in [0.29, 0.717) is 9.54 Å². The summed E-state index contributed by atoms with van der Waals surface area (Å²) in [5.74, 6) is 0.580. The molecule has 6 rings (SSSR count). The first kappa shape index (κ1) is 27.8. The van der Waals surface area contributed by atoms with Gasteiger partial charge in [0, 0.05) is 0 Å². The van der Waals surface area contributed by atoms with E-state index in [-0.39, 0.29) is 35.6 Å². The second-order valence-corrected chi connectivity index (χ2v) is 19.6. The summed E-state index contributed by atoms with van der Waals surface area (Å²) < 4.78 is 4.05. The predicted molar refractivity (Wildman–Crippen MR) is 145 cm³/mol. The van der Waals surface area contributed by atoms with E-state index < -0.39 is 21.3 Å². The van der Waals surface area contributed by atoms with Crippen LogP contribution in [0.25, 0.3) is 23.3 Å². The SMILES string of the molecule is CC1=CC(C)[C]([Zr+2](=[C](C)C)[CH]2c3cc4c(cc3-c3cc5c(cc32)C(C)(C)C=C5)C=CC4(C)C)=C1.[Cl-].[Cl-]. The molecule has 0 bridgehead atoms. The van der Waals surface area contributed by atoms with Gasteiger partial charge in [-0.05, 0) is 0 Å². The third kappa shape index (κ3) is 4.00. The smallest absolute Gasteiger partial charge is 1.00 e. The fraction of sp³-hybridized carbons (Fsp3) is 0.364. The van der Waals surface area contributed by atoms with Crippen molar-refractivity contribution >= 4 is 15.4 Å². The Kier molecular flexibility index (Phi) is 7.08. The molecule has 36 heavy (non-hydrogen) atoms. The molecule has 0 aromatic heterocycles. The van der Waals surface area contributed by atoms with E-state index in [0.717, 1.165) is 0 Å². The Morgan fingerprint density at radius 1 is 0.778 bits per heavy atom. The van der Waals surface area contributed by atoms with Gasteiger partial charge < -0.3 is 24.8 Å². The maximum atomic E-state index is 2.62. The molecule has 0 N–H and O–H groups in total. The van der Waals surface area contributed by atoms with Gasteiger partial charge in [-0.1, -0.05) is 0 Å². The van der Waals surface area contributed by atoms with E-state index in [9.17, 15) is 0 Å². The molecule has 0 radical (unpaired) electrons. The first-order valence-corrected chi connectivity index (χ1v) is 16.7. The molecule has 0 saturated heterocycles. The summed E-state index contributed by atoms with van der Waals surface area (Å²) in [5, 5.41) is 0. The Labute approximate surface area is 237 Å². The Hall–Kier alpha value is -1.27. The monoisotopic (exact) mass is 592 g/mol. The molecule has 0 nitrogen and oxygen atoms in total. The molecule has 0 spiro atoms. The molecule has 0 saturated carbocycles. The molecule has 2 aromatic carbocycles. The van der Waals surface area contributed by atoms with Crippen LogP contribution in [0.3, 0.4) is 0 Å². The van der Waals surface area contributed by atoms with Crippen molar-refractivity contribution < 1.29 is 46.1 Å². The zero-order valence-corrected chi connectivity index (χ0v) is 26.7. The van der Waals surface area contributed by atoms with Crippen LogP contribution < -0.4 is 24.8 Å². The minimum Gasteiger partial charge on any atom is -1.00 e. The second-order valence-electron chi connectivity index (χ2n) is 12.3. The molecule has 4 aliphatic carbocycles. The average Bonchev–Trinajstić information content (AvgIpc) is 3.44. The third-order valence-corrected chi connectivity index (χ3v) is 17.2. The van der Waals surface area contributed by atoms with Crippen molar-refractivity contribution in [3.63, 3.8) is 0 Å². The summed E-state index contributed by atoms with van der Waals surface area (Å²) >= 11 is -2.21. The summed E-state index contributed by atoms with van der Waals surface area (Å²) in [6.07, 6.45) is 14.5. The van der Waals surface area contributed by atoms with E-state index in [2.05, 4.69) is 116 Å². The number of hydrogen-bond acceptors (Lipinski definition) is 0. The fourth-order valence-corrected chi connectivity index (χ4v) is 15.5. The fourth-order valence-electron chi connectivity index (χ4n) is 6.83. The quantitative estimate of drug-likeness (QED) is 0.502. The normalized spacial score (nSPS) is 20.8. The predicted octanol–water partition coefficient (Wildman–Crippen LogP) is 2.68. The maximum Gasteiger partial charge on any atom is -1.00 e. The van der Waals surface area contributed by atoms with E-state index in [4.69, 9.17) is 0 Å². The van der Waals surface area contributed by atoms with Crippen LogP contribution in [0.1, 0.15) is 92.4 Å². The Bertz CT molecular complexity index is 1360. The standard InChI is InChI=1S/C23H21.C7H9.C3H6.2ClH.Zr/c1-22(2)7-5-14-10-18-16(12-20(14)22)9-17-13-21-15(11-19(17)18)6-8-23(21,3)4;1-6-3-4-7(2)5-6;1-3-2;;;/h5-13H,1-4H3;3,5,7H,1-2H3;1-2H3;2*1H;/q;;;;;+2/p-2. The molecular weight excluding hydrogens is 558 g/mol. The summed E-state index contributed by atoms with van der Waals surface area (Å²) in [6.45, 7) is 19.1. The van der Waals surface area contributed by atoms with Gasteiger partial charge in [-0.3, -0.25) is 0 Å². The molecular formula is C33H36Cl2Zr. The van der Waals surface area contributed by atoms with Gasteiger partial charge in [0.05, 0.1) is 0 Å². The third-order valence-electron chi connectivity index (χ3n) is 8.63. The van der Waals surface area contributed by atoms with Crippen molar-refractivity contribution in [3.05, 3.63) is 90.8 Å². The molecule has 0 amide bonds. The first-order valence-electron chi connectivity index (χ1n) is 12.8. The molecule has 0 aliphatic heterocycles. The van der Waals surface area contributed by atoms with Crippen LogP contribution in [0.2, 0.25) is 0 Å². The zero-order chi connectivity index (χ0) is 24.2. The minimum atomic E-state index is -2.21. The van der Waals surface area contributed by atoms with Crippen LogP contribution >= 0.6 is 0 Å². The molecule has 186 valence electrons. The summed E-state index contributed by atoms with van der Waals surface area (Å²) in [5.41, 5.74) is 13.8. The number of rotatable bonds is 2. The zero-order valence-electron chi connectivity index (χ0n) is 22.7. The first-order chi connectivity index (χ1) is 16.0. The van der Waals surface area contributed by atoms with Crippen molar-refractivity contribution in [2.45, 2.75) is 69.8 Å². The van der Waals surface area contributed by atoms with Gasteiger partial charge in [0.15, 0.2) is 0 Å². The number of hydrogen-bond donors (Lipinski definition) is 0. The van der Waals surface area contributed by atoms with Crippen LogP contribution in [-0.2, 0) is 32.1 Å². The van der Waals surface area contributed by atoms with Crippen molar-refractivity contribution in [1.29, 1.82) is 0 Å². The maximum absolute atomic E-state index is 2.62. The van der Waals surface area contributed by atoms with Gasteiger partial charge in [0.1, 0.15) is 0 Å². The van der Waals surface area contributed by atoms with Crippen LogP contribution in [0.15, 0.2) is 57.4 Å². The molecule has 2 aromatic rings. The van der Waals surface area contributed by atoms with Gasteiger partial charge >= 0.3 is 214 Å².